The molecule has 1 N–H and O–H groups in total. The summed E-state index contributed by atoms with van der Waals surface area (Å²) in [5.41, 5.74) is 0. The van der Waals surface area contributed by atoms with E-state index in [1.54, 1.807) is 0 Å². The lowest BCUT2D eigenvalue weighted by Crippen LogP contribution is -2.30. The summed E-state index contributed by atoms with van der Waals surface area (Å²) in [7, 11) is 0. The van der Waals surface area contributed by atoms with Gasteiger partial charge in [-0.1, -0.05) is 65.5 Å². The lowest BCUT2D eigenvalue weighted by atomic mass is 9.98. The first-order valence-electron chi connectivity index (χ1n) is 8.66. The molecule has 0 saturated heterocycles. The Kier molecular flexibility index (Phi) is 13.9. The monoisotopic (exact) mass is 267 g/mol. The molecule has 0 bridgehead atoms. The highest BCUT2D eigenvalue weighted by Gasteiger charge is 2.08. The molecule has 0 aliphatic carbocycles. The van der Waals surface area contributed by atoms with Crippen molar-refractivity contribution in [2.24, 2.45) is 5.92 Å². The summed E-state index contributed by atoms with van der Waals surface area (Å²) in [5.74, 6) is 0.916. The molecule has 0 fully saturated rings. The number of rotatable bonds is 13. The molecule has 1 nitrogen and oxygen atoms in total. The normalized spacial score (nSPS) is 13.5. The van der Waals surface area contributed by atoms with E-state index in [4.69, 9.17) is 0 Å². The quantitative estimate of drug-likeness (QED) is 0.422. The molecule has 0 aliphatic heterocycles. The zero-order valence-electron chi connectivity index (χ0n) is 13.9. The van der Waals surface area contributed by atoms with E-state index in [0.717, 1.165) is 12.0 Å². The van der Waals surface area contributed by atoms with Crippen LogP contribution in [0.1, 0.15) is 85.5 Å². The number of hydrogen-bond acceptors (Lipinski definition) is 1. The highest BCUT2D eigenvalue weighted by atomic mass is 14.9. The Labute approximate surface area is 122 Å². The molecule has 0 heterocycles. The van der Waals surface area contributed by atoms with Gasteiger partial charge in [-0.25, -0.2) is 0 Å². The predicted molar refractivity (Wildman–Crippen MR) is 88.7 cm³/mol. The summed E-state index contributed by atoms with van der Waals surface area (Å²) >= 11 is 0. The average molecular weight is 268 g/mol. The molecular weight excluding hydrogens is 230 g/mol. The van der Waals surface area contributed by atoms with Crippen molar-refractivity contribution in [1.82, 2.24) is 5.32 Å². The molecule has 19 heavy (non-hydrogen) atoms. The first-order valence-corrected chi connectivity index (χ1v) is 8.66. The molecule has 0 aromatic heterocycles. The molecule has 0 amide bonds. The van der Waals surface area contributed by atoms with E-state index in [2.05, 4.69) is 45.2 Å². The molecule has 0 aliphatic rings. The van der Waals surface area contributed by atoms with Gasteiger partial charge in [0, 0.05) is 6.04 Å². The van der Waals surface area contributed by atoms with Crippen LogP contribution in [0.3, 0.4) is 0 Å². The number of unbranched alkanes of at least 4 members (excludes halogenated alkanes) is 1. The standard InChI is InChI=1S/C18H37N/c1-5-9-11-12-14-18(13-10-6-2)19-16-15-17(7-3)8-4/h9,11,17-19H,5-8,10,12-16H2,1-4H3. The highest BCUT2D eigenvalue weighted by molar-refractivity contribution is 4.82. The molecule has 0 radical (unpaired) electrons. The van der Waals surface area contributed by atoms with Gasteiger partial charge in [-0.3, -0.25) is 0 Å². The summed E-state index contributed by atoms with van der Waals surface area (Å²) in [5, 5.41) is 3.80. The summed E-state index contributed by atoms with van der Waals surface area (Å²) < 4.78 is 0. The molecule has 1 unspecified atom stereocenters. The average Bonchev–Trinajstić information content (AvgIpc) is 2.44. The second-order valence-electron chi connectivity index (χ2n) is 5.72. The maximum atomic E-state index is 3.80. The fourth-order valence-electron chi connectivity index (χ4n) is 2.57. The van der Waals surface area contributed by atoms with Crippen molar-refractivity contribution in [1.29, 1.82) is 0 Å². The van der Waals surface area contributed by atoms with Crippen LogP contribution >= 0.6 is 0 Å². The minimum atomic E-state index is 0.732. The van der Waals surface area contributed by atoms with Crippen molar-refractivity contribution in [2.75, 3.05) is 6.54 Å². The van der Waals surface area contributed by atoms with Gasteiger partial charge in [0.2, 0.25) is 0 Å². The van der Waals surface area contributed by atoms with E-state index < -0.39 is 0 Å². The lowest BCUT2D eigenvalue weighted by molar-refractivity contribution is 0.389. The van der Waals surface area contributed by atoms with Crippen LogP contribution in [-0.2, 0) is 0 Å². The van der Waals surface area contributed by atoms with Gasteiger partial charge in [0.25, 0.3) is 0 Å². The number of nitrogens with one attached hydrogen (secondary N) is 1. The van der Waals surface area contributed by atoms with Gasteiger partial charge in [0.05, 0.1) is 0 Å². The van der Waals surface area contributed by atoms with Gasteiger partial charge in [-0.2, -0.15) is 0 Å². The van der Waals surface area contributed by atoms with Crippen LogP contribution in [0.25, 0.3) is 0 Å². The Hall–Kier alpha value is -0.300. The second kappa shape index (κ2) is 14.1. The van der Waals surface area contributed by atoms with Crippen molar-refractivity contribution in [3.63, 3.8) is 0 Å². The lowest BCUT2D eigenvalue weighted by Gasteiger charge is -2.20. The van der Waals surface area contributed by atoms with Crippen molar-refractivity contribution in [2.45, 2.75) is 91.5 Å². The van der Waals surface area contributed by atoms with Crippen LogP contribution in [0.5, 0.6) is 0 Å². The van der Waals surface area contributed by atoms with E-state index in [1.807, 2.05) is 0 Å². The largest absolute Gasteiger partial charge is 0.314 e. The van der Waals surface area contributed by atoms with Gasteiger partial charge in [-0.15, -0.1) is 0 Å². The molecule has 0 aromatic rings. The summed E-state index contributed by atoms with van der Waals surface area (Å²) in [4.78, 5) is 0. The topological polar surface area (TPSA) is 12.0 Å². The molecular formula is C18H37N. The van der Waals surface area contributed by atoms with E-state index in [1.165, 1.54) is 64.3 Å². The zero-order chi connectivity index (χ0) is 14.3. The van der Waals surface area contributed by atoms with Crippen LogP contribution < -0.4 is 5.32 Å². The molecule has 114 valence electrons. The van der Waals surface area contributed by atoms with Crippen molar-refractivity contribution >= 4 is 0 Å². The van der Waals surface area contributed by atoms with E-state index in [-0.39, 0.29) is 0 Å². The van der Waals surface area contributed by atoms with Gasteiger partial charge in [0.15, 0.2) is 0 Å². The number of hydrogen-bond donors (Lipinski definition) is 1. The van der Waals surface area contributed by atoms with Gasteiger partial charge in [0.1, 0.15) is 0 Å². The smallest absolute Gasteiger partial charge is 0.00700 e. The molecule has 0 rings (SSSR count). The van der Waals surface area contributed by atoms with Crippen molar-refractivity contribution in [3.8, 4) is 0 Å². The maximum absolute atomic E-state index is 3.80. The molecule has 0 spiro atoms. The third-order valence-corrected chi connectivity index (χ3v) is 4.13. The third-order valence-electron chi connectivity index (χ3n) is 4.13. The molecule has 1 heteroatoms. The first-order chi connectivity index (χ1) is 9.28. The Morgan fingerprint density at radius 1 is 0.895 bits per heavy atom. The predicted octanol–water partition coefficient (Wildman–Crippen LogP) is 5.71. The summed E-state index contributed by atoms with van der Waals surface area (Å²) in [6.45, 7) is 10.3. The van der Waals surface area contributed by atoms with E-state index in [9.17, 15) is 0 Å². The minimum Gasteiger partial charge on any atom is -0.314 e. The molecule has 1 atom stereocenters. The Morgan fingerprint density at radius 3 is 2.21 bits per heavy atom. The highest BCUT2D eigenvalue weighted by Crippen LogP contribution is 2.13. The summed E-state index contributed by atoms with van der Waals surface area (Å²) in [6, 6.07) is 0.732. The fraction of sp³-hybridized carbons (Fsp3) is 0.889. The Morgan fingerprint density at radius 2 is 1.63 bits per heavy atom. The van der Waals surface area contributed by atoms with Gasteiger partial charge >= 0.3 is 0 Å². The van der Waals surface area contributed by atoms with Crippen molar-refractivity contribution < 1.29 is 0 Å². The van der Waals surface area contributed by atoms with E-state index >= 15 is 0 Å². The second-order valence-corrected chi connectivity index (χ2v) is 5.72. The maximum Gasteiger partial charge on any atom is 0.00700 e. The zero-order valence-corrected chi connectivity index (χ0v) is 13.9. The first kappa shape index (κ1) is 18.7. The van der Waals surface area contributed by atoms with Gasteiger partial charge < -0.3 is 5.32 Å². The van der Waals surface area contributed by atoms with Crippen LogP contribution in [0.4, 0.5) is 0 Å². The van der Waals surface area contributed by atoms with Crippen LogP contribution in [0, 0.1) is 5.92 Å². The van der Waals surface area contributed by atoms with Crippen LogP contribution in [0.2, 0.25) is 0 Å². The SMILES string of the molecule is CCC=CCCC(CCCC)NCCC(CC)CC. The van der Waals surface area contributed by atoms with E-state index in [0.29, 0.717) is 0 Å². The van der Waals surface area contributed by atoms with Gasteiger partial charge in [-0.05, 0) is 44.6 Å². The molecule has 0 saturated carbocycles. The van der Waals surface area contributed by atoms with Crippen molar-refractivity contribution in [3.05, 3.63) is 12.2 Å². The summed E-state index contributed by atoms with van der Waals surface area (Å²) in [6.07, 6.45) is 16.4. The Balaban J connectivity index is 3.87. The molecule has 0 aromatic carbocycles. The van der Waals surface area contributed by atoms with Crippen LogP contribution in [-0.4, -0.2) is 12.6 Å². The van der Waals surface area contributed by atoms with Crippen LogP contribution in [0.15, 0.2) is 12.2 Å². The minimum absolute atomic E-state index is 0.732. The third kappa shape index (κ3) is 11.2. The fourth-order valence-corrected chi connectivity index (χ4v) is 2.57. The number of allylic oxidation sites excluding steroid dienone is 2. The Bertz CT molecular complexity index is 194.